The molecule has 0 heterocycles. The van der Waals surface area contributed by atoms with Crippen LogP contribution in [0.2, 0.25) is 0 Å². The Bertz CT molecular complexity index is 225. The average molecular weight is 270 g/mol. The molecule has 0 radical (unpaired) electrons. The number of nitrogens with one attached hydrogen (secondary N) is 1. The van der Waals surface area contributed by atoms with E-state index in [-0.39, 0.29) is 0 Å². The number of hydrogen-bond acceptors (Lipinski definition) is 3. The van der Waals surface area contributed by atoms with Crippen LogP contribution in [0.25, 0.3) is 0 Å². The summed E-state index contributed by atoms with van der Waals surface area (Å²) >= 11 is 0. The van der Waals surface area contributed by atoms with Crippen molar-refractivity contribution in [3.05, 3.63) is 0 Å². The SMILES string of the molecule is CCOCCN(C)CC1(CNCC(C)C)CCCC1. The molecule has 3 nitrogen and oxygen atoms in total. The van der Waals surface area contributed by atoms with E-state index in [0.29, 0.717) is 5.41 Å². The highest BCUT2D eigenvalue weighted by atomic mass is 16.5. The molecule has 3 heteroatoms. The molecule has 0 aliphatic heterocycles. The van der Waals surface area contributed by atoms with Crippen molar-refractivity contribution < 1.29 is 4.74 Å². The molecular formula is C16H34N2O. The van der Waals surface area contributed by atoms with Gasteiger partial charge in [-0.05, 0) is 44.7 Å². The molecule has 0 atom stereocenters. The minimum atomic E-state index is 0.510. The van der Waals surface area contributed by atoms with E-state index in [4.69, 9.17) is 4.74 Å². The quantitative estimate of drug-likeness (QED) is 0.618. The van der Waals surface area contributed by atoms with Crippen molar-refractivity contribution in [1.29, 1.82) is 0 Å². The number of hydrogen-bond donors (Lipinski definition) is 1. The Kier molecular flexibility index (Phi) is 7.96. The molecule has 1 aliphatic carbocycles. The van der Waals surface area contributed by atoms with Gasteiger partial charge in [0.25, 0.3) is 0 Å². The zero-order chi connectivity index (χ0) is 14.1. The van der Waals surface area contributed by atoms with Crippen LogP contribution in [0.4, 0.5) is 0 Å². The first-order valence-corrected chi connectivity index (χ1v) is 8.05. The minimum Gasteiger partial charge on any atom is -0.380 e. The fraction of sp³-hybridized carbons (Fsp3) is 1.00. The summed E-state index contributed by atoms with van der Waals surface area (Å²) < 4.78 is 5.46. The van der Waals surface area contributed by atoms with E-state index in [1.54, 1.807) is 0 Å². The Balaban J connectivity index is 2.33. The predicted octanol–water partition coefficient (Wildman–Crippen LogP) is 2.76. The smallest absolute Gasteiger partial charge is 0.0593 e. The summed E-state index contributed by atoms with van der Waals surface area (Å²) in [7, 11) is 2.24. The van der Waals surface area contributed by atoms with E-state index >= 15 is 0 Å². The van der Waals surface area contributed by atoms with Crippen LogP contribution in [0.5, 0.6) is 0 Å². The zero-order valence-electron chi connectivity index (χ0n) is 13.5. The highest BCUT2D eigenvalue weighted by Crippen LogP contribution is 2.38. The van der Waals surface area contributed by atoms with E-state index in [1.165, 1.54) is 38.8 Å². The average Bonchev–Trinajstić information content (AvgIpc) is 2.77. The molecule has 0 bridgehead atoms. The molecule has 1 N–H and O–H groups in total. The third-order valence-electron chi connectivity index (χ3n) is 4.14. The lowest BCUT2D eigenvalue weighted by atomic mass is 9.85. The third-order valence-corrected chi connectivity index (χ3v) is 4.14. The van der Waals surface area contributed by atoms with E-state index < -0.39 is 0 Å². The van der Waals surface area contributed by atoms with Crippen LogP contribution in [0.15, 0.2) is 0 Å². The lowest BCUT2D eigenvalue weighted by Gasteiger charge is -2.34. The summed E-state index contributed by atoms with van der Waals surface area (Å²) in [5.41, 5.74) is 0.510. The molecule has 1 saturated carbocycles. The summed E-state index contributed by atoms with van der Waals surface area (Å²) in [5.74, 6) is 0.745. The predicted molar refractivity (Wildman–Crippen MR) is 82.6 cm³/mol. The first-order valence-electron chi connectivity index (χ1n) is 8.05. The fourth-order valence-corrected chi connectivity index (χ4v) is 3.16. The van der Waals surface area contributed by atoms with E-state index in [1.807, 2.05) is 0 Å². The van der Waals surface area contributed by atoms with Crippen LogP contribution in [0, 0.1) is 11.3 Å². The second-order valence-electron chi connectivity index (χ2n) is 6.67. The summed E-state index contributed by atoms with van der Waals surface area (Å²) in [6.45, 7) is 12.9. The second kappa shape index (κ2) is 8.93. The maximum absolute atomic E-state index is 5.46. The van der Waals surface area contributed by atoms with Crippen molar-refractivity contribution in [2.45, 2.75) is 46.5 Å². The lowest BCUT2D eigenvalue weighted by molar-refractivity contribution is 0.0996. The maximum atomic E-state index is 5.46. The second-order valence-corrected chi connectivity index (χ2v) is 6.67. The largest absolute Gasteiger partial charge is 0.380 e. The Labute approximate surface area is 120 Å². The van der Waals surface area contributed by atoms with Crippen LogP contribution in [-0.2, 0) is 4.74 Å². The van der Waals surface area contributed by atoms with Gasteiger partial charge in [0.05, 0.1) is 6.61 Å². The van der Waals surface area contributed by atoms with Gasteiger partial charge in [-0.25, -0.2) is 0 Å². The van der Waals surface area contributed by atoms with Crippen molar-refractivity contribution >= 4 is 0 Å². The van der Waals surface area contributed by atoms with Crippen molar-refractivity contribution in [3.8, 4) is 0 Å². The number of likely N-dealkylation sites (N-methyl/N-ethyl adjacent to an activating group) is 1. The summed E-state index contributed by atoms with van der Waals surface area (Å²) in [5, 5.41) is 3.68. The van der Waals surface area contributed by atoms with E-state index in [2.05, 4.69) is 38.0 Å². The van der Waals surface area contributed by atoms with Gasteiger partial charge in [0.15, 0.2) is 0 Å². The molecule has 1 aliphatic rings. The lowest BCUT2D eigenvalue weighted by Crippen LogP contribution is -2.43. The van der Waals surface area contributed by atoms with Crippen molar-refractivity contribution in [2.24, 2.45) is 11.3 Å². The summed E-state index contributed by atoms with van der Waals surface area (Å²) in [4.78, 5) is 2.46. The Hall–Kier alpha value is -0.120. The summed E-state index contributed by atoms with van der Waals surface area (Å²) in [6.07, 6.45) is 5.58. The molecule has 114 valence electrons. The van der Waals surface area contributed by atoms with Gasteiger partial charge < -0.3 is 15.0 Å². The Morgan fingerprint density at radius 3 is 2.53 bits per heavy atom. The highest BCUT2D eigenvalue weighted by Gasteiger charge is 2.34. The molecule has 0 spiro atoms. The van der Waals surface area contributed by atoms with Crippen molar-refractivity contribution in [2.75, 3.05) is 46.4 Å². The topological polar surface area (TPSA) is 24.5 Å². The van der Waals surface area contributed by atoms with Gasteiger partial charge in [0, 0.05) is 26.2 Å². The van der Waals surface area contributed by atoms with Crippen LogP contribution >= 0.6 is 0 Å². The number of nitrogens with zero attached hydrogens (tertiary/aromatic N) is 1. The van der Waals surface area contributed by atoms with Crippen LogP contribution in [0.1, 0.15) is 46.5 Å². The minimum absolute atomic E-state index is 0.510. The van der Waals surface area contributed by atoms with Crippen molar-refractivity contribution in [3.63, 3.8) is 0 Å². The molecule has 0 saturated heterocycles. The molecule has 0 aromatic carbocycles. The fourth-order valence-electron chi connectivity index (χ4n) is 3.16. The van der Waals surface area contributed by atoms with Gasteiger partial charge in [0.2, 0.25) is 0 Å². The molecule has 0 aromatic rings. The molecule has 1 fully saturated rings. The van der Waals surface area contributed by atoms with Crippen LogP contribution in [-0.4, -0.2) is 51.3 Å². The standard InChI is InChI=1S/C16H34N2O/c1-5-19-11-10-18(4)14-16(8-6-7-9-16)13-17-12-15(2)3/h15,17H,5-14H2,1-4H3. The first-order chi connectivity index (χ1) is 9.08. The monoisotopic (exact) mass is 270 g/mol. The number of ether oxygens (including phenoxy) is 1. The van der Waals surface area contributed by atoms with Gasteiger partial charge in [-0.1, -0.05) is 26.7 Å². The van der Waals surface area contributed by atoms with Gasteiger partial charge >= 0.3 is 0 Å². The van der Waals surface area contributed by atoms with Crippen LogP contribution in [0.3, 0.4) is 0 Å². The number of rotatable bonds is 10. The molecule has 0 aromatic heterocycles. The molecule has 0 unspecified atom stereocenters. The van der Waals surface area contributed by atoms with E-state index in [0.717, 1.165) is 32.2 Å². The van der Waals surface area contributed by atoms with Crippen molar-refractivity contribution in [1.82, 2.24) is 10.2 Å². The van der Waals surface area contributed by atoms with E-state index in [9.17, 15) is 0 Å². The highest BCUT2D eigenvalue weighted by molar-refractivity contribution is 4.89. The third kappa shape index (κ3) is 6.73. The normalized spacial score (nSPS) is 18.6. The van der Waals surface area contributed by atoms with Gasteiger partial charge in [-0.15, -0.1) is 0 Å². The zero-order valence-corrected chi connectivity index (χ0v) is 13.5. The Morgan fingerprint density at radius 2 is 1.95 bits per heavy atom. The molecular weight excluding hydrogens is 236 g/mol. The molecule has 19 heavy (non-hydrogen) atoms. The van der Waals surface area contributed by atoms with Crippen LogP contribution < -0.4 is 5.32 Å². The summed E-state index contributed by atoms with van der Waals surface area (Å²) in [6, 6.07) is 0. The van der Waals surface area contributed by atoms with Gasteiger partial charge in [0.1, 0.15) is 0 Å². The van der Waals surface area contributed by atoms with Gasteiger partial charge in [-0.3, -0.25) is 0 Å². The maximum Gasteiger partial charge on any atom is 0.0593 e. The van der Waals surface area contributed by atoms with Gasteiger partial charge in [-0.2, -0.15) is 0 Å². The Morgan fingerprint density at radius 1 is 1.26 bits per heavy atom. The molecule has 0 amide bonds. The first kappa shape index (κ1) is 16.9. The molecule has 1 rings (SSSR count).